The van der Waals surface area contributed by atoms with Gasteiger partial charge in [0.1, 0.15) is 5.82 Å². The van der Waals surface area contributed by atoms with E-state index >= 15 is 0 Å². The average Bonchev–Trinajstić information content (AvgIpc) is 2.32. The third kappa shape index (κ3) is 3.05. The van der Waals surface area contributed by atoms with Gasteiger partial charge in [-0.05, 0) is 43.4 Å². The van der Waals surface area contributed by atoms with Crippen LogP contribution in [0.2, 0.25) is 0 Å². The molecule has 1 aliphatic heterocycles. The van der Waals surface area contributed by atoms with Gasteiger partial charge in [0, 0.05) is 12.1 Å². The Hall–Kier alpha value is -0.890. The van der Waals surface area contributed by atoms with E-state index in [0.29, 0.717) is 12.1 Å². The third-order valence-corrected chi connectivity index (χ3v) is 3.46. The molecule has 1 N–H and O–H groups in total. The number of rotatable bonds is 3. The third-order valence-electron chi connectivity index (χ3n) is 3.46. The normalized spacial score (nSPS) is 25.6. The van der Waals surface area contributed by atoms with Crippen molar-refractivity contribution in [1.82, 2.24) is 5.32 Å². The highest BCUT2D eigenvalue weighted by atomic mass is 19.1. The lowest BCUT2D eigenvalue weighted by atomic mass is 9.93. The fourth-order valence-electron chi connectivity index (χ4n) is 2.50. The second kappa shape index (κ2) is 5.44. The monoisotopic (exact) mass is 221 g/mol. The van der Waals surface area contributed by atoms with Crippen LogP contribution in [0.5, 0.6) is 0 Å². The summed E-state index contributed by atoms with van der Waals surface area (Å²) in [7, 11) is 0. The highest BCUT2D eigenvalue weighted by molar-refractivity contribution is 5.17. The number of nitrogens with one attached hydrogen (secondary N) is 1. The molecule has 0 radical (unpaired) electrons. The van der Waals surface area contributed by atoms with Gasteiger partial charge in [-0.2, -0.15) is 0 Å². The standard InChI is InChI=1S/C14H20FN/c1-2-13-4-3-5-14(16-13)10-11-6-8-12(15)9-7-11/h6-9,13-14,16H,2-5,10H2,1H3. The highest BCUT2D eigenvalue weighted by Crippen LogP contribution is 2.18. The molecule has 0 spiro atoms. The minimum Gasteiger partial charge on any atom is -0.311 e. The zero-order valence-electron chi connectivity index (χ0n) is 9.88. The van der Waals surface area contributed by atoms with Crippen LogP contribution in [0.3, 0.4) is 0 Å². The van der Waals surface area contributed by atoms with E-state index in [1.165, 1.54) is 31.2 Å². The molecular formula is C14H20FN. The van der Waals surface area contributed by atoms with E-state index in [9.17, 15) is 4.39 Å². The molecule has 0 bridgehead atoms. The van der Waals surface area contributed by atoms with Crippen molar-refractivity contribution in [1.29, 1.82) is 0 Å². The van der Waals surface area contributed by atoms with Crippen LogP contribution in [-0.4, -0.2) is 12.1 Å². The first-order valence-electron chi connectivity index (χ1n) is 6.28. The Morgan fingerprint density at radius 2 is 1.88 bits per heavy atom. The predicted molar refractivity (Wildman–Crippen MR) is 65.0 cm³/mol. The fourth-order valence-corrected chi connectivity index (χ4v) is 2.50. The molecule has 2 unspecified atom stereocenters. The molecular weight excluding hydrogens is 201 g/mol. The van der Waals surface area contributed by atoms with Gasteiger partial charge in [0.05, 0.1) is 0 Å². The minimum absolute atomic E-state index is 0.146. The van der Waals surface area contributed by atoms with Gasteiger partial charge in [-0.25, -0.2) is 4.39 Å². The van der Waals surface area contributed by atoms with E-state index in [1.54, 1.807) is 12.1 Å². The molecule has 2 rings (SSSR count). The summed E-state index contributed by atoms with van der Waals surface area (Å²) in [5, 5.41) is 3.67. The molecule has 0 saturated carbocycles. The van der Waals surface area contributed by atoms with Crippen LogP contribution in [0.1, 0.15) is 38.2 Å². The summed E-state index contributed by atoms with van der Waals surface area (Å²) in [6, 6.07) is 8.15. The topological polar surface area (TPSA) is 12.0 Å². The largest absolute Gasteiger partial charge is 0.311 e. The molecule has 1 aromatic rings. The molecule has 1 aliphatic rings. The maximum atomic E-state index is 12.8. The zero-order chi connectivity index (χ0) is 11.4. The summed E-state index contributed by atoms with van der Waals surface area (Å²) in [6.45, 7) is 2.23. The van der Waals surface area contributed by atoms with Gasteiger partial charge in [-0.15, -0.1) is 0 Å². The Morgan fingerprint density at radius 3 is 2.56 bits per heavy atom. The lowest BCUT2D eigenvalue weighted by molar-refractivity contribution is 0.312. The van der Waals surface area contributed by atoms with Crippen molar-refractivity contribution in [3.63, 3.8) is 0 Å². The van der Waals surface area contributed by atoms with Crippen molar-refractivity contribution in [2.45, 2.75) is 51.1 Å². The van der Waals surface area contributed by atoms with Crippen LogP contribution in [0.15, 0.2) is 24.3 Å². The van der Waals surface area contributed by atoms with Gasteiger partial charge in [0.25, 0.3) is 0 Å². The fraction of sp³-hybridized carbons (Fsp3) is 0.571. The Bertz CT molecular complexity index is 320. The van der Waals surface area contributed by atoms with Crippen molar-refractivity contribution < 1.29 is 4.39 Å². The van der Waals surface area contributed by atoms with Gasteiger partial charge < -0.3 is 5.32 Å². The van der Waals surface area contributed by atoms with E-state index in [0.717, 1.165) is 6.42 Å². The number of halogens is 1. The molecule has 1 heterocycles. The molecule has 0 aliphatic carbocycles. The molecule has 0 amide bonds. The number of hydrogen-bond acceptors (Lipinski definition) is 1. The van der Waals surface area contributed by atoms with Crippen LogP contribution in [0, 0.1) is 5.82 Å². The van der Waals surface area contributed by atoms with E-state index in [1.807, 2.05) is 12.1 Å². The van der Waals surface area contributed by atoms with Crippen LogP contribution in [0.25, 0.3) is 0 Å². The van der Waals surface area contributed by atoms with Crippen LogP contribution in [0.4, 0.5) is 4.39 Å². The van der Waals surface area contributed by atoms with Crippen LogP contribution in [-0.2, 0) is 6.42 Å². The number of piperidine rings is 1. The van der Waals surface area contributed by atoms with E-state index in [4.69, 9.17) is 0 Å². The average molecular weight is 221 g/mol. The van der Waals surface area contributed by atoms with Gasteiger partial charge in [-0.1, -0.05) is 25.5 Å². The van der Waals surface area contributed by atoms with Gasteiger partial charge in [0.2, 0.25) is 0 Å². The summed E-state index contributed by atoms with van der Waals surface area (Å²) in [5.74, 6) is -0.146. The molecule has 1 nitrogen and oxygen atoms in total. The summed E-state index contributed by atoms with van der Waals surface area (Å²) in [6.07, 6.45) is 6.10. The van der Waals surface area contributed by atoms with Crippen molar-refractivity contribution >= 4 is 0 Å². The smallest absolute Gasteiger partial charge is 0.123 e. The molecule has 1 aromatic carbocycles. The summed E-state index contributed by atoms with van der Waals surface area (Å²) in [4.78, 5) is 0. The Morgan fingerprint density at radius 1 is 1.19 bits per heavy atom. The first kappa shape index (κ1) is 11.6. The summed E-state index contributed by atoms with van der Waals surface area (Å²) >= 11 is 0. The second-order valence-electron chi connectivity index (χ2n) is 4.73. The maximum absolute atomic E-state index is 12.8. The first-order valence-corrected chi connectivity index (χ1v) is 6.28. The number of hydrogen-bond donors (Lipinski definition) is 1. The van der Waals surface area contributed by atoms with E-state index in [2.05, 4.69) is 12.2 Å². The van der Waals surface area contributed by atoms with Crippen LogP contribution >= 0.6 is 0 Å². The molecule has 1 saturated heterocycles. The molecule has 0 aromatic heterocycles. The van der Waals surface area contributed by atoms with Crippen molar-refractivity contribution in [3.8, 4) is 0 Å². The number of benzene rings is 1. The Balaban J connectivity index is 1.91. The maximum Gasteiger partial charge on any atom is 0.123 e. The molecule has 2 heteroatoms. The lowest BCUT2D eigenvalue weighted by Crippen LogP contribution is -2.43. The SMILES string of the molecule is CCC1CCCC(Cc2ccc(F)cc2)N1. The minimum atomic E-state index is -0.146. The quantitative estimate of drug-likeness (QED) is 0.826. The van der Waals surface area contributed by atoms with E-state index < -0.39 is 0 Å². The van der Waals surface area contributed by atoms with Gasteiger partial charge >= 0.3 is 0 Å². The van der Waals surface area contributed by atoms with Crippen molar-refractivity contribution in [3.05, 3.63) is 35.6 Å². The van der Waals surface area contributed by atoms with Crippen LogP contribution < -0.4 is 5.32 Å². The molecule has 2 atom stereocenters. The van der Waals surface area contributed by atoms with Gasteiger partial charge in [-0.3, -0.25) is 0 Å². The zero-order valence-corrected chi connectivity index (χ0v) is 9.88. The summed E-state index contributed by atoms with van der Waals surface area (Å²) in [5.41, 5.74) is 1.23. The summed E-state index contributed by atoms with van der Waals surface area (Å²) < 4.78 is 12.8. The van der Waals surface area contributed by atoms with Crippen molar-refractivity contribution in [2.75, 3.05) is 0 Å². The molecule has 88 valence electrons. The predicted octanol–water partition coefficient (Wildman–Crippen LogP) is 3.29. The Kier molecular flexibility index (Phi) is 3.94. The Labute approximate surface area is 97.1 Å². The lowest BCUT2D eigenvalue weighted by Gasteiger charge is -2.30. The molecule has 1 fully saturated rings. The highest BCUT2D eigenvalue weighted by Gasteiger charge is 2.19. The van der Waals surface area contributed by atoms with Gasteiger partial charge in [0.15, 0.2) is 0 Å². The second-order valence-corrected chi connectivity index (χ2v) is 4.73. The first-order chi connectivity index (χ1) is 7.78. The van der Waals surface area contributed by atoms with Crippen molar-refractivity contribution in [2.24, 2.45) is 0 Å². The van der Waals surface area contributed by atoms with E-state index in [-0.39, 0.29) is 5.82 Å². The molecule has 16 heavy (non-hydrogen) atoms.